The predicted molar refractivity (Wildman–Crippen MR) is 97.9 cm³/mol. The average molecular weight is 350 g/mol. The SMILES string of the molecule is CNC(=O)c1ccc(NC(=O)c2nn(-c3ccccc3)cc2OC)cc1. The molecule has 0 saturated heterocycles. The Bertz CT molecular complexity index is 918. The van der Waals surface area contributed by atoms with Gasteiger partial charge in [-0.2, -0.15) is 5.10 Å². The number of nitrogens with one attached hydrogen (secondary N) is 2. The van der Waals surface area contributed by atoms with Gasteiger partial charge in [0.1, 0.15) is 0 Å². The number of hydrogen-bond donors (Lipinski definition) is 2. The summed E-state index contributed by atoms with van der Waals surface area (Å²) in [5, 5.41) is 9.62. The maximum Gasteiger partial charge on any atom is 0.280 e. The number of carbonyl (C=O) groups is 2. The van der Waals surface area contributed by atoms with Gasteiger partial charge in [-0.15, -0.1) is 0 Å². The van der Waals surface area contributed by atoms with Crippen LogP contribution >= 0.6 is 0 Å². The van der Waals surface area contributed by atoms with Gasteiger partial charge >= 0.3 is 0 Å². The minimum absolute atomic E-state index is 0.173. The molecule has 7 nitrogen and oxygen atoms in total. The first kappa shape index (κ1) is 17.2. The van der Waals surface area contributed by atoms with E-state index in [1.165, 1.54) is 7.11 Å². The first-order chi connectivity index (χ1) is 12.6. The molecule has 0 aliphatic carbocycles. The van der Waals surface area contributed by atoms with Crippen LogP contribution in [0.1, 0.15) is 20.8 Å². The van der Waals surface area contributed by atoms with Crippen LogP contribution < -0.4 is 15.4 Å². The molecular formula is C19H18N4O3. The Hall–Kier alpha value is -3.61. The third kappa shape index (κ3) is 3.56. The van der Waals surface area contributed by atoms with Crippen LogP contribution in [-0.4, -0.2) is 35.8 Å². The number of anilines is 1. The van der Waals surface area contributed by atoms with Crippen molar-refractivity contribution in [1.29, 1.82) is 0 Å². The predicted octanol–water partition coefficient (Wildman–Crippen LogP) is 2.49. The highest BCUT2D eigenvalue weighted by atomic mass is 16.5. The second kappa shape index (κ2) is 7.52. The van der Waals surface area contributed by atoms with Crippen molar-refractivity contribution in [3.05, 3.63) is 72.1 Å². The molecule has 0 bridgehead atoms. The van der Waals surface area contributed by atoms with E-state index in [1.807, 2.05) is 30.3 Å². The fourth-order valence-electron chi connectivity index (χ4n) is 2.42. The summed E-state index contributed by atoms with van der Waals surface area (Å²) in [5.41, 5.74) is 2.06. The van der Waals surface area contributed by atoms with Crippen molar-refractivity contribution in [2.45, 2.75) is 0 Å². The summed E-state index contributed by atoms with van der Waals surface area (Å²) in [6.07, 6.45) is 1.65. The van der Waals surface area contributed by atoms with Gasteiger partial charge in [-0.05, 0) is 36.4 Å². The number of ether oxygens (including phenoxy) is 1. The molecule has 1 aromatic heterocycles. The number of amides is 2. The maximum atomic E-state index is 12.6. The quantitative estimate of drug-likeness (QED) is 0.740. The third-order valence-corrected chi connectivity index (χ3v) is 3.77. The average Bonchev–Trinajstić information content (AvgIpc) is 3.13. The molecule has 0 saturated carbocycles. The topological polar surface area (TPSA) is 85.3 Å². The maximum absolute atomic E-state index is 12.6. The summed E-state index contributed by atoms with van der Waals surface area (Å²) in [4.78, 5) is 24.1. The molecule has 132 valence electrons. The number of hydrogen-bond acceptors (Lipinski definition) is 4. The Morgan fingerprint density at radius 1 is 1.00 bits per heavy atom. The molecule has 0 fully saturated rings. The van der Waals surface area contributed by atoms with E-state index in [0.29, 0.717) is 17.0 Å². The molecule has 2 N–H and O–H groups in total. The summed E-state index contributed by atoms with van der Waals surface area (Å²) >= 11 is 0. The van der Waals surface area contributed by atoms with Crippen molar-refractivity contribution in [3.63, 3.8) is 0 Å². The van der Waals surface area contributed by atoms with E-state index in [9.17, 15) is 9.59 Å². The number of rotatable bonds is 5. The van der Waals surface area contributed by atoms with Crippen LogP contribution in [0.5, 0.6) is 5.75 Å². The monoisotopic (exact) mass is 350 g/mol. The smallest absolute Gasteiger partial charge is 0.280 e. The van der Waals surface area contributed by atoms with Gasteiger partial charge in [-0.25, -0.2) is 4.68 Å². The van der Waals surface area contributed by atoms with E-state index in [0.717, 1.165) is 5.69 Å². The van der Waals surface area contributed by atoms with Crippen molar-refractivity contribution >= 4 is 17.5 Å². The first-order valence-corrected chi connectivity index (χ1v) is 7.95. The van der Waals surface area contributed by atoms with Crippen molar-refractivity contribution in [2.75, 3.05) is 19.5 Å². The highest BCUT2D eigenvalue weighted by Gasteiger charge is 2.18. The van der Waals surface area contributed by atoms with E-state index >= 15 is 0 Å². The molecule has 1 heterocycles. The Morgan fingerprint density at radius 2 is 1.69 bits per heavy atom. The number of nitrogens with zero attached hydrogens (tertiary/aromatic N) is 2. The fourth-order valence-corrected chi connectivity index (χ4v) is 2.42. The van der Waals surface area contributed by atoms with E-state index in [4.69, 9.17) is 4.74 Å². The fraction of sp³-hybridized carbons (Fsp3) is 0.105. The molecule has 0 spiro atoms. The summed E-state index contributed by atoms with van der Waals surface area (Å²) in [7, 11) is 3.05. The van der Waals surface area contributed by atoms with Gasteiger partial charge in [0.25, 0.3) is 11.8 Å². The van der Waals surface area contributed by atoms with Crippen LogP contribution in [0.15, 0.2) is 60.8 Å². The molecule has 3 rings (SSSR count). The molecule has 2 amide bonds. The van der Waals surface area contributed by atoms with Gasteiger partial charge in [-0.3, -0.25) is 9.59 Å². The number of aromatic nitrogens is 2. The Balaban J connectivity index is 1.81. The molecule has 0 aliphatic rings. The molecule has 2 aromatic carbocycles. The highest BCUT2D eigenvalue weighted by molar-refractivity contribution is 6.05. The molecule has 0 atom stereocenters. The minimum atomic E-state index is -0.399. The molecule has 3 aromatic rings. The number of carbonyl (C=O) groups excluding carboxylic acids is 2. The van der Waals surface area contributed by atoms with Gasteiger partial charge in [0.2, 0.25) is 0 Å². The van der Waals surface area contributed by atoms with Crippen molar-refractivity contribution in [2.24, 2.45) is 0 Å². The van der Waals surface area contributed by atoms with Gasteiger partial charge < -0.3 is 15.4 Å². The van der Waals surface area contributed by atoms with Crippen molar-refractivity contribution in [3.8, 4) is 11.4 Å². The Kier molecular flexibility index (Phi) is 4.98. The lowest BCUT2D eigenvalue weighted by Gasteiger charge is -2.06. The van der Waals surface area contributed by atoms with Crippen LogP contribution in [0.2, 0.25) is 0 Å². The number of benzene rings is 2. The van der Waals surface area contributed by atoms with Crippen LogP contribution in [-0.2, 0) is 0 Å². The first-order valence-electron chi connectivity index (χ1n) is 7.95. The molecular weight excluding hydrogens is 332 g/mol. The van der Waals surface area contributed by atoms with E-state index in [1.54, 1.807) is 42.2 Å². The van der Waals surface area contributed by atoms with Gasteiger partial charge in [0, 0.05) is 18.3 Å². The summed E-state index contributed by atoms with van der Waals surface area (Å²) < 4.78 is 6.86. The zero-order chi connectivity index (χ0) is 18.5. The van der Waals surface area contributed by atoms with Crippen LogP contribution in [0, 0.1) is 0 Å². The Morgan fingerprint density at radius 3 is 2.31 bits per heavy atom. The van der Waals surface area contributed by atoms with E-state index < -0.39 is 5.91 Å². The van der Waals surface area contributed by atoms with Crippen molar-refractivity contribution in [1.82, 2.24) is 15.1 Å². The Labute approximate surface area is 150 Å². The van der Waals surface area contributed by atoms with Crippen LogP contribution in [0.4, 0.5) is 5.69 Å². The zero-order valence-electron chi connectivity index (χ0n) is 14.4. The second-order valence-electron chi connectivity index (χ2n) is 5.44. The standard InChI is InChI=1S/C19H18N4O3/c1-20-18(24)13-8-10-14(11-9-13)21-19(25)17-16(26-2)12-23(22-17)15-6-4-3-5-7-15/h3-12H,1-2H3,(H,20,24)(H,21,25). The van der Waals surface area contributed by atoms with Gasteiger partial charge in [0.05, 0.1) is 19.0 Å². The van der Waals surface area contributed by atoms with Crippen molar-refractivity contribution < 1.29 is 14.3 Å². The summed E-state index contributed by atoms with van der Waals surface area (Å²) in [6, 6.07) is 16.0. The third-order valence-electron chi connectivity index (χ3n) is 3.77. The lowest BCUT2D eigenvalue weighted by atomic mass is 10.2. The zero-order valence-corrected chi connectivity index (χ0v) is 14.4. The number of para-hydroxylation sites is 1. The molecule has 26 heavy (non-hydrogen) atoms. The van der Waals surface area contributed by atoms with Gasteiger partial charge in [0.15, 0.2) is 11.4 Å². The molecule has 0 radical (unpaired) electrons. The van der Waals surface area contributed by atoms with Crippen LogP contribution in [0.3, 0.4) is 0 Å². The van der Waals surface area contributed by atoms with E-state index in [2.05, 4.69) is 15.7 Å². The van der Waals surface area contributed by atoms with Gasteiger partial charge in [-0.1, -0.05) is 18.2 Å². The highest BCUT2D eigenvalue weighted by Crippen LogP contribution is 2.21. The largest absolute Gasteiger partial charge is 0.493 e. The summed E-state index contributed by atoms with van der Waals surface area (Å²) in [5.74, 6) is -0.219. The minimum Gasteiger partial charge on any atom is -0.493 e. The lowest BCUT2D eigenvalue weighted by Crippen LogP contribution is -2.18. The lowest BCUT2D eigenvalue weighted by molar-refractivity contribution is 0.0962. The molecule has 7 heteroatoms. The van der Waals surface area contributed by atoms with Crippen LogP contribution in [0.25, 0.3) is 5.69 Å². The summed E-state index contributed by atoms with van der Waals surface area (Å²) in [6.45, 7) is 0. The second-order valence-corrected chi connectivity index (χ2v) is 5.44. The number of methoxy groups -OCH3 is 1. The molecule has 0 unspecified atom stereocenters. The van der Waals surface area contributed by atoms with E-state index in [-0.39, 0.29) is 11.6 Å². The molecule has 0 aliphatic heterocycles. The normalized spacial score (nSPS) is 10.2.